The summed E-state index contributed by atoms with van der Waals surface area (Å²) in [5, 5.41) is 0. The summed E-state index contributed by atoms with van der Waals surface area (Å²) in [4.78, 5) is 4.11. The molecule has 0 saturated carbocycles. The molecule has 0 spiro atoms. The molecule has 0 atom stereocenters. The highest BCUT2D eigenvalue weighted by molar-refractivity contribution is 5.36. The van der Waals surface area contributed by atoms with Crippen molar-refractivity contribution in [2.75, 3.05) is 13.2 Å². The topological polar surface area (TPSA) is 48.1 Å². The number of hydrogen-bond acceptors (Lipinski definition) is 3. The van der Waals surface area contributed by atoms with Gasteiger partial charge in [-0.25, -0.2) is 0 Å². The largest absolute Gasteiger partial charge is 0.492 e. The fourth-order valence-corrected chi connectivity index (χ4v) is 1.83. The molecule has 2 aromatic rings. The van der Waals surface area contributed by atoms with E-state index in [-0.39, 0.29) is 0 Å². The van der Waals surface area contributed by atoms with Crippen LogP contribution in [0.1, 0.15) is 17.5 Å². The number of benzene rings is 1. The molecule has 0 unspecified atom stereocenters. The minimum absolute atomic E-state index is 0.349. The Morgan fingerprint density at radius 3 is 2.80 bits per heavy atom. The molecule has 0 aliphatic heterocycles. The second-order valence-corrected chi connectivity index (χ2v) is 4.35. The summed E-state index contributed by atoms with van der Waals surface area (Å²) in [5.74, 6) is 6.50. The van der Waals surface area contributed by atoms with Crippen molar-refractivity contribution in [2.24, 2.45) is 5.73 Å². The Hall–Kier alpha value is -2.31. The fraction of sp³-hybridized carbons (Fsp3) is 0.235. The van der Waals surface area contributed by atoms with Gasteiger partial charge in [0.25, 0.3) is 0 Å². The predicted octanol–water partition coefficient (Wildman–Crippen LogP) is 2.40. The average molecular weight is 266 g/mol. The van der Waals surface area contributed by atoms with Gasteiger partial charge in [0.1, 0.15) is 5.75 Å². The molecule has 102 valence electrons. The normalized spacial score (nSPS) is 9.65. The van der Waals surface area contributed by atoms with Gasteiger partial charge < -0.3 is 10.5 Å². The lowest BCUT2D eigenvalue weighted by molar-refractivity contribution is 0.310. The molecule has 20 heavy (non-hydrogen) atoms. The molecule has 2 rings (SSSR count). The van der Waals surface area contributed by atoms with E-state index < -0.39 is 0 Å². The first-order chi connectivity index (χ1) is 9.88. The fourth-order valence-electron chi connectivity index (χ4n) is 1.83. The Morgan fingerprint density at radius 1 is 1.15 bits per heavy atom. The number of nitrogens with zero attached hydrogens (tertiary/aromatic N) is 1. The van der Waals surface area contributed by atoms with Crippen LogP contribution in [0, 0.1) is 11.8 Å². The molecule has 3 nitrogen and oxygen atoms in total. The van der Waals surface area contributed by atoms with Crippen LogP contribution < -0.4 is 10.5 Å². The lowest BCUT2D eigenvalue weighted by Gasteiger charge is -2.06. The Balaban J connectivity index is 1.79. The maximum absolute atomic E-state index is 5.69. The molecule has 2 N–H and O–H groups in total. The van der Waals surface area contributed by atoms with E-state index in [1.165, 1.54) is 5.56 Å². The van der Waals surface area contributed by atoms with Gasteiger partial charge in [0.15, 0.2) is 0 Å². The summed E-state index contributed by atoms with van der Waals surface area (Å²) in [7, 11) is 0. The van der Waals surface area contributed by atoms with Crippen LogP contribution in [0.15, 0.2) is 48.8 Å². The third kappa shape index (κ3) is 4.75. The van der Waals surface area contributed by atoms with Crippen molar-refractivity contribution >= 4 is 0 Å². The molecule has 0 radical (unpaired) electrons. The first-order valence-electron chi connectivity index (χ1n) is 6.69. The van der Waals surface area contributed by atoms with E-state index in [9.17, 15) is 0 Å². The summed E-state index contributed by atoms with van der Waals surface area (Å²) in [6.07, 6.45) is 5.40. The number of rotatable bonds is 5. The Bertz CT molecular complexity index is 585. The highest BCUT2D eigenvalue weighted by atomic mass is 16.5. The first kappa shape index (κ1) is 14.1. The van der Waals surface area contributed by atoms with E-state index >= 15 is 0 Å². The van der Waals surface area contributed by atoms with Crippen LogP contribution in [-0.2, 0) is 6.42 Å². The lowest BCUT2D eigenvalue weighted by atomic mass is 10.1. The molecule has 1 heterocycles. The second-order valence-electron chi connectivity index (χ2n) is 4.35. The van der Waals surface area contributed by atoms with Crippen LogP contribution >= 0.6 is 0 Å². The molecule has 0 bridgehead atoms. The first-order valence-corrected chi connectivity index (χ1v) is 6.69. The van der Waals surface area contributed by atoms with Crippen LogP contribution in [0.4, 0.5) is 0 Å². The highest BCUT2D eigenvalue weighted by Crippen LogP contribution is 2.11. The quantitative estimate of drug-likeness (QED) is 0.668. The van der Waals surface area contributed by atoms with Gasteiger partial charge in [-0.1, -0.05) is 42.2 Å². The van der Waals surface area contributed by atoms with Gasteiger partial charge in [0.05, 0.1) is 19.3 Å². The number of nitrogens with two attached hydrogens (primary N) is 1. The van der Waals surface area contributed by atoms with Crippen molar-refractivity contribution in [2.45, 2.75) is 12.8 Å². The zero-order valence-electron chi connectivity index (χ0n) is 11.4. The van der Waals surface area contributed by atoms with E-state index in [1.54, 1.807) is 12.4 Å². The SMILES string of the molecule is NCC#Cc1cncc(OCCCc2ccccc2)c1. The summed E-state index contributed by atoms with van der Waals surface area (Å²) < 4.78 is 5.69. The molecule has 0 aliphatic rings. The summed E-state index contributed by atoms with van der Waals surface area (Å²) in [6, 6.07) is 12.3. The van der Waals surface area contributed by atoms with Crippen LogP contribution in [0.2, 0.25) is 0 Å². The van der Waals surface area contributed by atoms with Crippen LogP contribution in [0.3, 0.4) is 0 Å². The number of ether oxygens (including phenoxy) is 1. The maximum atomic E-state index is 5.69. The van der Waals surface area contributed by atoms with Crippen molar-refractivity contribution in [1.82, 2.24) is 4.98 Å². The van der Waals surface area contributed by atoms with Gasteiger partial charge in [-0.2, -0.15) is 0 Å². The number of aromatic nitrogens is 1. The number of hydrogen-bond donors (Lipinski definition) is 1. The molecule has 3 heteroatoms. The van der Waals surface area contributed by atoms with Crippen LogP contribution in [0.25, 0.3) is 0 Å². The molecule has 1 aromatic carbocycles. The third-order valence-corrected chi connectivity index (χ3v) is 2.77. The monoisotopic (exact) mass is 266 g/mol. The molecule has 0 aliphatic carbocycles. The van der Waals surface area contributed by atoms with Gasteiger partial charge >= 0.3 is 0 Å². The van der Waals surface area contributed by atoms with Gasteiger partial charge in [0, 0.05) is 11.8 Å². The van der Waals surface area contributed by atoms with Crippen molar-refractivity contribution < 1.29 is 4.74 Å². The Morgan fingerprint density at radius 2 is 2.00 bits per heavy atom. The number of pyridine rings is 1. The van der Waals surface area contributed by atoms with Crippen molar-refractivity contribution in [3.63, 3.8) is 0 Å². The van der Waals surface area contributed by atoms with E-state index in [4.69, 9.17) is 10.5 Å². The smallest absolute Gasteiger partial charge is 0.138 e. The van der Waals surface area contributed by atoms with E-state index in [0.717, 1.165) is 24.2 Å². The third-order valence-electron chi connectivity index (χ3n) is 2.77. The Kier molecular flexibility index (Phi) is 5.63. The number of aryl methyl sites for hydroxylation is 1. The lowest BCUT2D eigenvalue weighted by Crippen LogP contribution is -2.00. The van der Waals surface area contributed by atoms with Gasteiger partial charge in [-0.05, 0) is 24.5 Å². The molecule has 0 saturated heterocycles. The second kappa shape index (κ2) is 7.98. The van der Waals surface area contributed by atoms with Crippen molar-refractivity contribution in [3.05, 3.63) is 59.9 Å². The Labute approximate surface area is 119 Å². The summed E-state index contributed by atoms with van der Waals surface area (Å²) in [5.41, 5.74) is 7.50. The van der Waals surface area contributed by atoms with Crippen LogP contribution in [-0.4, -0.2) is 18.1 Å². The molecule has 1 aromatic heterocycles. The minimum atomic E-state index is 0.349. The summed E-state index contributed by atoms with van der Waals surface area (Å²) >= 11 is 0. The molecular weight excluding hydrogens is 248 g/mol. The molecular formula is C17H18N2O. The van der Waals surface area contributed by atoms with E-state index in [1.807, 2.05) is 12.1 Å². The zero-order chi connectivity index (χ0) is 14.0. The van der Waals surface area contributed by atoms with Gasteiger partial charge in [0.2, 0.25) is 0 Å². The van der Waals surface area contributed by atoms with Crippen LogP contribution in [0.5, 0.6) is 5.75 Å². The summed E-state index contributed by atoms with van der Waals surface area (Å²) in [6.45, 7) is 1.02. The average Bonchev–Trinajstić information content (AvgIpc) is 2.51. The highest BCUT2D eigenvalue weighted by Gasteiger charge is 1.97. The standard InChI is InChI=1S/C17H18N2O/c18-10-4-8-16-12-17(14-19-13-16)20-11-5-9-15-6-2-1-3-7-15/h1-3,6-7,12-14H,5,9-11,18H2. The van der Waals surface area contributed by atoms with Crippen molar-refractivity contribution in [1.29, 1.82) is 0 Å². The van der Waals surface area contributed by atoms with Gasteiger partial charge in [-0.15, -0.1) is 0 Å². The predicted molar refractivity (Wildman–Crippen MR) is 80.4 cm³/mol. The zero-order valence-corrected chi connectivity index (χ0v) is 11.4. The molecule has 0 fully saturated rings. The minimum Gasteiger partial charge on any atom is -0.492 e. The molecule has 0 amide bonds. The maximum Gasteiger partial charge on any atom is 0.138 e. The van der Waals surface area contributed by atoms with E-state index in [0.29, 0.717) is 13.2 Å². The van der Waals surface area contributed by atoms with E-state index in [2.05, 4.69) is 41.1 Å². The van der Waals surface area contributed by atoms with Crippen molar-refractivity contribution in [3.8, 4) is 17.6 Å². The van der Waals surface area contributed by atoms with Gasteiger partial charge in [-0.3, -0.25) is 4.98 Å².